The standard InChI is InChI=1S/C8H13NO2/c1-6(2)5-11-8(10)4-7(3)9/h4H,1,5,9H2,2-3H3/b7-4-. The molecule has 0 aliphatic rings. The molecule has 3 heteroatoms. The average Bonchev–Trinajstić information content (AvgIpc) is 1.82. The van der Waals surface area contributed by atoms with E-state index in [1.54, 1.807) is 13.8 Å². The zero-order valence-electron chi connectivity index (χ0n) is 6.89. The van der Waals surface area contributed by atoms with Crippen LogP contribution in [0.2, 0.25) is 0 Å². The molecule has 0 heterocycles. The predicted molar refractivity (Wildman–Crippen MR) is 43.7 cm³/mol. The fourth-order valence-electron chi connectivity index (χ4n) is 0.422. The van der Waals surface area contributed by atoms with Crippen LogP contribution in [0.5, 0.6) is 0 Å². The van der Waals surface area contributed by atoms with Gasteiger partial charge in [0, 0.05) is 11.8 Å². The Balaban J connectivity index is 3.71. The van der Waals surface area contributed by atoms with Gasteiger partial charge < -0.3 is 10.5 Å². The van der Waals surface area contributed by atoms with Gasteiger partial charge >= 0.3 is 5.97 Å². The average molecular weight is 155 g/mol. The van der Waals surface area contributed by atoms with Crippen molar-refractivity contribution in [1.29, 1.82) is 0 Å². The van der Waals surface area contributed by atoms with Gasteiger partial charge in [0.2, 0.25) is 0 Å². The molecule has 0 radical (unpaired) electrons. The van der Waals surface area contributed by atoms with E-state index in [0.717, 1.165) is 5.57 Å². The van der Waals surface area contributed by atoms with Crippen LogP contribution >= 0.6 is 0 Å². The lowest BCUT2D eigenvalue weighted by molar-refractivity contribution is -0.136. The molecule has 2 N–H and O–H groups in total. The van der Waals surface area contributed by atoms with Crippen molar-refractivity contribution in [2.45, 2.75) is 13.8 Å². The summed E-state index contributed by atoms with van der Waals surface area (Å²) in [5.41, 5.74) is 6.49. The van der Waals surface area contributed by atoms with Crippen LogP contribution in [0.15, 0.2) is 23.9 Å². The maximum Gasteiger partial charge on any atom is 0.332 e. The molecule has 0 fully saturated rings. The molecule has 62 valence electrons. The zero-order chi connectivity index (χ0) is 8.85. The number of carbonyl (C=O) groups excluding carboxylic acids is 1. The number of hydrogen-bond donors (Lipinski definition) is 1. The number of rotatable bonds is 3. The fraction of sp³-hybridized carbons (Fsp3) is 0.375. The van der Waals surface area contributed by atoms with Crippen molar-refractivity contribution in [3.63, 3.8) is 0 Å². The summed E-state index contributed by atoms with van der Waals surface area (Å²) in [5.74, 6) is -0.423. The second-order valence-corrected chi connectivity index (χ2v) is 2.45. The normalized spacial score (nSPS) is 10.9. The lowest BCUT2D eigenvalue weighted by Crippen LogP contribution is -2.05. The minimum absolute atomic E-state index is 0.253. The molecule has 11 heavy (non-hydrogen) atoms. The van der Waals surface area contributed by atoms with Gasteiger partial charge in [-0.25, -0.2) is 4.79 Å². The van der Waals surface area contributed by atoms with Gasteiger partial charge in [-0.15, -0.1) is 0 Å². The van der Waals surface area contributed by atoms with E-state index in [4.69, 9.17) is 10.5 Å². The largest absolute Gasteiger partial charge is 0.458 e. The molecule has 0 atom stereocenters. The molecule has 3 nitrogen and oxygen atoms in total. The minimum atomic E-state index is -0.423. The van der Waals surface area contributed by atoms with Crippen molar-refractivity contribution in [3.05, 3.63) is 23.9 Å². The van der Waals surface area contributed by atoms with Crippen molar-refractivity contribution >= 4 is 5.97 Å². The summed E-state index contributed by atoms with van der Waals surface area (Å²) < 4.78 is 4.72. The van der Waals surface area contributed by atoms with Crippen molar-refractivity contribution in [1.82, 2.24) is 0 Å². The van der Waals surface area contributed by atoms with Crippen molar-refractivity contribution in [3.8, 4) is 0 Å². The molecule has 0 aromatic rings. The summed E-state index contributed by atoms with van der Waals surface area (Å²) in [5, 5.41) is 0. The molecule has 0 aromatic carbocycles. The Hall–Kier alpha value is -1.25. The smallest absolute Gasteiger partial charge is 0.332 e. The minimum Gasteiger partial charge on any atom is -0.458 e. The summed E-state index contributed by atoms with van der Waals surface area (Å²) in [4.78, 5) is 10.7. The number of ether oxygens (including phenoxy) is 1. The second-order valence-electron chi connectivity index (χ2n) is 2.45. The lowest BCUT2D eigenvalue weighted by atomic mass is 10.4. The van der Waals surface area contributed by atoms with Gasteiger partial charge in [-0.1, -0.05) is 6.58 Å². The van der Waals surface area contributed by atoms with E-state index in [9.17, 15) is 4.79 Å². The maximum atomic E-state index is 10.7. The number of carbonyl (C=O) groups is 1. The van der Waals surface area contributed by atoms with Crippen LogP contribution in [-0.4, -0.2) is 12.6 Å². The van der Waals surface area contributed by atoms with Crippen LogP contribution in [0.1, 0.15) is 13.8 Å². The van der Waals surface area contributed by atoms with E-state index in [-0.39, 0.29) is 6.61 Å². The molecular formula is C8H13NO2. The van der Waals surface area contributed by atoms with E-state index >= 15 is 0 Å². The fourth-order valence-corrected chi connectivity index (χ4v) is 0.422. The van der Waals surface area contributed by atoms with E-state index in [2.05, 4.69) is 6.58 Å². The zero-order valence-corrected chi connectivity index (χ0v) is 6.89. The number of hydrogen-bond acceptors (Lipinski definition) is 3. The second kappa shape index (κ2) is 4.55. The Kier molecular flexibility index (Phi) is 4.03. The first-order valence-corrected chi connectivity index (χ1v) is 3.27. The van der Waals surface area contributed by atoms with E-state index in [1.807, 2.05) is 0 Å². The highest BCUT2D eigenvalue weighted by molar-refractivity contribution is 5.82. The molecule has 0 aromatic heterocycles. The summed E-state index contributed by atoms with van der Waals surface area (Å²) >= 11 is 0. The third kappa shape index (κ3) is 6.64. The monoisotopic (exact) mass is 155 g/mol. The third-order valence-electron chi connectivity index (χ3n) is 0.806. The molecule has 0 bridgehead atoms. The Morgan fingerprint density at radius 2 is 2.18 bits per heavy atom. The quantitative estimate of drug-likeness (QED) is 0.375. The number of esters is 1. The Labute approximate surface area is 66.5 Å². The SMILES string of the molecule is C=C(C)COC(=O)/C=C(/C)N. The van der Waals surface area contributed by atoms with Crippen LogP contribution in [0.25, 0.3) is 0 Å². The van der Waals surface area contributed by atoms with Gasteiger partial charge in [0.1, 0.15) is 6.61 Å². The molecular weight excluding hydrogens is 142 g/mol. The first kappa shape index (κ1) is 9.75. The van der Waals surface area contributed by atoms with Gasteiger partial charge in [0.25, 0.3) is 0 Å². The molecule has 0 aliphatic carbocycles. The molecule has 0 amide bonds. The van der Waals surface area contributed by atoms with Gasteiger partial charge in [-0.3, -0.25) is 0 Å². The van der Waals surface area contributed by atoms with Crippen LogP contribution in [-0.2, 0) is 9.53 Å². The third-order valence-corrected chi connectivity index (χ3v) is 0.806. The predicted octanol–water partition coefficient (Wildman–Crippen LogP) is 0.968. The van der Waals surface area contributed by atoms with Gasteiger partial charge in [0.15, 0.2) is 0 Å². The first-order chi connectivity index (χ1) is 5.02. The molecule has 0 rings (SSSR count). The van der Waals surface area contributed by atoms with E-state index in [1.165, 1.54) is 6.08 Å². The summed E-state index contributed by atoms with van der Waals surface area (Å²) in [7, 11) is 0. The van der Waals surface area contributed by atoms with Crippen LogP contribution < -0.4 is 5.73 Å². The highest BCUT2D eigenvalue weighted by Crippen LogP contribution is 1.91. The van der Waals surface area contributed by atoms with Gasteiger partial charge in [-0.05, 0) is 19.4 Å². The summed E-state index contributed by atoms with van der Waals surface area (Å²) in [6.07, 6.45) is 1.24. The van der Waals surface area contributed by atoms with Crippen molar-refractivity contribution in [2.75, 3.05) is 6.61 Å². The molecule has 0 saturated carbocycles. The molecule has 0 saturated heterocycles. The topological polar surface area (TPSA) is 52.3 Å². The Bertz CT molecular complexity index is 190. The lowest BCUT2D eigenvalue weighted by Gasteiger charge is -1.99. The molecule has 0 spiro atoms. The number of allylic oxidation sites excluding steroid dienone is 1. The highest BCUT2D eigenvalue weighted by Gasteiger charge is 1.96. The van der Waals surface area contributed by atoms with Crippen LogP contribution in [0, 0.1) is 0 Å². The van der Waals surface area contributed by atoms with Crippen molar-refractivity contribution in [2.24, 2.45) is 5.73 Å². The van der Waals surface area contributed by atoms with Crippen LogP contribution in [0.3, 0.4) is 0 Å². The van der Waals surface area contributed by atoms with E-state index in [0.29, 0.717) is 5.70 Å². The van der Waals surface area contributed by atoms with Gasteiger partial charge in [0.05, 0.1) is 0 Å². The Morgan fingerprint density at radius 1 is 1.64 bits per heavy atom. The van der Waals surface area contributed by atoms with Crippen LogP contribution in [0.4, 0.5) is 0 Å². The molecule has 0 aliphatic heterocycles. The number of nitrogens with two attached hydrogens (primary N) is 1. The summed E-state index contributed by atoms with van der Waals surface area (Å²) in [6, 6.07) is 0. The Morgan fingerprint density at radius 3 is 2.55 bits per heavy atom. The summed E-state index contributed by atoms with van der Waals surface area (Å²) in [6.45, 7) is 7.24. The molecule has 0 unspecified atom stereocenters. The van der Waals surface area contributed by atoms with E-state index < -0.39 is 5.97 Å². The first-order valence-electron chi connectivity index (χ1n) is 3.27. The maximum absolute atomic E-state index is 10.7. The van der Waals surface area contributed by atoms with Crippen molar-refractivity contribution < 1.29 is 9.53 Å². The highest BCUT2D eigenvalue weighted by atomic mass is 16.5. The van der Waals surface area contributed by atoms with Gasteiger partial charge in [-0.2, -0.15) is 0 Å².